The smallest absolute Gasteiger partial charge is 0.0624 e. The summed E-state index contributed by atoms with van der Waals surface area (Å²) in [6, 6.07) is 66.3. The van der Waals surface area contributed by atoms with Crippen molar-refractivity contribution >= 4 is 44.2 Å². The first-order valence-corrected chi connectivity index (χ1v) is 17.8. The van der Waals surface area contributed by atoms with Crippen molar-refractivity contribution < 1.29 is 0 Å². The van der Waals surface area contributed by atoms with Gasteiger partial charge in [-0.2, -0.15) is 0 Å². The molecule has 0 saturated heterocycles. The van der Waals surface area contributed by atoms with Crippen molar-refractivity contribution in [1.82, 2.24) is 0 Å². The SMILES string of the molecule is C1=CCCC(c2ccc(-c3ccccc3)cc2-c2ccc(N(c3ccccc3)c3c(-c4ccccc4)c4ccccc4c4ccccc34)cc2)=C1. The number of benzene rings is 8. The molecule has 51 heavy (non-hydrogen) atoms. The maximum atomic E-state index is 2.46. The van der Waals surface area contributed by atoms with Crippen molar-refractivity contribution in [2.24, 2.45) is 0 Å². The number of rotatable bonds is 7. The second-order valence-corrected chi connectivity index (χ2v) is 13.2. The molecule has 8 aromatic rings. The van der Waals surface area contributed by atoms with Crippen LogP contribution in [0.15, 0.2) is 200 Å². The summed E-state index contributed by atoms with van der Waals surface area (Å²) in [6.45, 7) is 0. The number of fused-ring (bicyclic) bond motifs is 3. The second-order valence-electron chi connectivity index (χ2n) is 13.2. The normalized spacial score (nSPS) is 12.6. The van der Waals surface area contributed by atoms with Gasteiger partial charge in [-0.1, -0.05) is 170 Å². The highest BCUT2D eigenvalue weighted by Gasteiger charge is 2.23. The van der Waals surface area contributed by atoms with E-state index in [2.05, 4.69) is 205 Å². The fraction of sp³-hybridized carbons (Fsp3) is 0.0400. The minimum Gasteiger partial charge on any atom is -0.309 e. The van der Waals surface area contributed by atoms with Crippen molar-refractivity contribution in [2.75, 3.05) is 4.90 Å². The number of para-hydroxylation sites is 1. The Morgan fingerprint density at radius 3 is 1.61 bits per heavy atom. The van der Waals surface area contributed by atoms with Crippen LogP contribution in [0.4, 0.5) is 17.1 Å². The predicted molar refractivity (Wildman–Crippen MR) is 219 cm³/mol. The van der Waals surface area contributed by atoms with Gasteiger partial charge < -0.3 is 4.90 Å². The van der Waals surface area contributed by atoms with Gasteiger partial charge in [0.2, 0.25) is 0 Å². The Labute approximate surface area is 300 Å². The molecule has 0 spiro atoms. The van der Waals surface area contributed by atoms with Crippen molar-refractivity contribution in [3.63, 3.8) is 0 Å². The molecule has 0 saturated carbocycles. The Kier molecular flexibility index (Phi) is 8.08. The van der Waals surface area contributed by atoms with Crippen molar-refractivity contribution in [3.8, 4) is 33.4 Å². The lowest BCUT2D eigenvalue weighted by Crippen LogP contribution is -2.12. The maximum Gasteiger partial charge on any atom is 0.0624 e. The van der Waals surface area contributed by atoms with Crippen LogP contribution in [0.1, 0.15) is 18.4 Å². The van der Waals surface area contributed by atoms with Gasteiger partial charge in [0, 0.05) is 22.3 Å². The molecule has 1 heteroatoms. The monoisotopic (exact) mass is 651 g/mol. The van der Waals surface area contributed by atoms with E-state index in [1.54, 1.807) is 0 Å². The third-order valence-corrected chi connectivity index (χ3v) is 10.1. The standard InChI is InChI=1S/C50H37N/c1-5-17-36(18-6-1)40-31-34-43(37-19-7-2-8-20-37)48(35-40)38-29-32-42(33-30-38)51(41-23-11-4-12-24-41)50-47-28-16-14-26-45(47)44-25-13-15-27-46(44)49(50)39-21-9-3-10-22-39/h1-7,9-19,21-35H,8,20H2. The van der Waals surface area contributed by atoms with Gasteiger partial charge in [0.1, 0.15) is 0 Å². The van der Waals surface area contributed by atoms with Gasteiger partial charge in [-0.15, -0.1) is 0 Å². The summed E-state index contributed by atoms with van der Waals surface area (Å²) in [5.41, 5.74) is 13.5. The van der Waals surface area contributed by atoms with Crippen molar-refractivity contribution in [3.05, 3.63) is 206 Å². The first kappa shape index (κ1) is 30.6. The summed E-state index contributed by atoms with van der Waals surface area (Å²) >= 11 is 0. The molecule has 1 aliphatic carbocycles. The van der Waals surface area contributed by atoms with E-state index < -0.39 is 0 Å². The van der Waals surface area contributed by atoms with E-state index in [0.29, 0.717) is 0 Å². The lowest BCUT2D eigenvalue weighted by atomic mass is 9.88. The summed E-state index contributed by atoms with van der Waals surface area (Å²) in [6.07, 6.45) is 8.86. The molecule has 0 amide bonds. The lowest BCUT2D eigenvalue weighted by molar-refractivity contribution is 1.05. The summed E-state index contributed by atoms with van der Waals surface area (Å²) in [4.78, 5) is 2.46. The molecule has 0 atom stereocenters. The fourth-order valence-electron chi connectivity index (χ4n) is 7.73. The summed E-state index contributed by atoms with van der Waals surface area (Å²) in [5, 5.41) is 4.97. The second kappa shape index (κ2) is 13.5. The molecule has 242 valence electrons. The number of anilines is 3. The third kappa shape index (κ3) is 5.73. The summed E-state index contributed by atoms with van der Waals surface area (Å²) < 4.78 is 0. The van der Waals surface area contributed by atoms with Gasteiger partial charge in [-0.3, -0.25) is 0 Å². The van der Waals surface area contributed by atoms with Crippen LogP contribution >= 0.6 is 0 Å². The minimum atomic E-state index is 1.05. The van der Waals surface area contributed by atoms with Crippen molar-refractivity contribution in [1.29, 1.82) is 0 Å². The molecule has 0 aromatic heterocycles. The van der Waals surface area contributed by atoms with E-state index in [4.69, 9.17) is 0 Å². The highest BCUT2D eigenvalue weighted by molar-refractivity contribution is 6.22. The predicted octanol–water partition coefficient (Wildman–Crippen LogP) is 14.2. The van der Waals surface area contributed by atoms with Gasteiger partial charge in [0.15, 0.2) is 0 Å². The molecule has 0 bridgehead atoms. The average Bonchev–Trinajstić information content (AvgIpc) is 3.22. The molecule has 0 unspecified atom stereocenters. The molecule has 0 aliphatic heterocycles. The Hall–Kier alpha value is -6.44. The van der Waals surface area contributed by atoms with E-state index in [1.807, 2.05) is 0 Å². The first-order chi connectivity index (χ1) is 25.3. The van der Waals surface area contributed by atoms with Gasteiger partial charge >= 0.3 is 0 Å². The molecule has 9 rings (SSSR count). The Morgan fingerprint density at radius 2 is 0.941 bits per heavy atom. The van der Waals surface area contributed by atoms with Crippen LogP contribution in [0.3, 0.4) is 0 Å². The Morgan fingerprint density at radius 1 is 0.392 bits per heavy atom. The van der Waals surface area contributed by atoms with Crippen LogP contribution in [0.25, 0.3) is 60.5 Å². The molecule has 0 fully saturated rings. The molecule has 8 aromatic carbocycles. The minimum absolute atomic E-state index is 1.05. The third-order valence-electron chi connectivity index (χ3n) is 10.1. The molecular weight excluding hydrogens is 615 g/mol. The van der Waals surface area contributed by atoms with Crippen LogP contribution < -0.4 is 4.90 Å². The van der Waals surface area contributed by atoms with Crippen molar-refractivity contribution in [2.45, 2.75) is 12.8 Å². The highest BCUT2D eigenvalue weighted by atomic mass is 15.1. The molecule has 0 heterocycles. The van der Waals surface area contributed by atoms with E-state index >= 15 is 0 Å². The van der Waals surface area contributed by atoms with Crippen LogP contribution in [-0.4, -0.2) is 0 Å². The van der Waals surface area contributed by atoms with E-state index in [-0.39, 0.29) is 0 Å². The van der Waals surface area contributed by atoms with Crippen LogP contribution in [0.5, 0.6) is 0 Å². The fourth-order valence-corrected chi connectivity index (χ4v) is 7.73. The zero-order valence-corrected chi connectivity index (χ0v) is 28.4. The van der Waals surface area contributed by atoms with E-state index in [9.17, 15) is 0 Å². The van der Waals surface area contributed by atoms with Gasteiger partial charge in [0.05, 0.1) is 5.69 Å². The van der Waals surface area contributed by atoms with Gasteiger partial charge in [-0.05, 0) is 98.3 Å². The molecular formula is C50H37N. The first-order valence-electron chi connectivity index (χ1n) is 17.8. The van der Waals surface area contributed by atoms with Gasteiger partial charge in [-0.25, -0.2) is 0 Å². The van der Waals surface area contributed by atoms with Crippen LogP contribution in [0, 0.1) is 0 Å². The topological polar surface area (TPSA) is 3.24 Å². The quantitative estimate of drug-likeness (QED) is 0.155. The van der Waals surface area contributed by atoms with Crippen LogP contribution in [-0.2, 0) is 0 Å². The summed E-state index contributed by atoms with van der Waals surface area (Å²) in [5.74, 6) is 0. The molecule has 1 aliphatic rings. The van der Waals surface area contributed by atoms with E-state index in [1.165, 1.54) is 71.7 Å². The summed E-state index contributed by atoms with van der Waals surface area (Å²) in [7, 11) is 0. The number of hydrogen-bond acceptors (Lipinski definition) is 1. The molecule has 1 nitrogen and oxygen atoms in total. The van der Waals surface area contributed by atoms with E-state index in [0.717, 1.165) is 24.2 Å². The lowest BCUT2D eigenvalue weighted by Gasteiger charge is -2.30. The Balaban J connectivity index is 1.27. The number of nitrogens with zero attached hydrogens (tertiary/aromatic N) is 1. The van der Waals surface area contributed by atoms with Gasteiger partial charge in [0.25, 0.3) is 0 Å². The van der Waals surface area contributed by atoms with Crippen LogP contribution in [0.2, 0.25) is 0 Å². The highest BCUT2D eigenvalue weighted by Crippen LogP contribution is 2.49. The zero-order valence-electron chi connectivity index (χ0n) is 28.4. The zero-order chi connectivity index (χ0) is 34.0. The molecule has 0 N–H and O–H groups in total. The number of hydrogen-bond donors (Lipinski definition) is 0. The molecule has 0 radical (unpaired) electrons. The number of allylic oxidation sites excluding steroid dienone is 4. The Bertz CT molecular complexity index is 2540. The maximum absolute atomic E-state index is 2.46. The largest absolute Gasteiger partial charge is 0.309 e. The average molecular weight is 652 g/mol.